The zero-order chi connectivity index (χ0) is 23.2. The number of aromatic nitrogens is 2. The number of hydrogen-bond acceptors (Lipinski definition) is 6. The molecule has 0 saturated carbocycles. The van der Waals surface area contributed by atoms with Gasteiger partial charge in [0.1, 0.15) is 5.58 Å². The van der Waals surface area contributed by atoms with Gasteiger partial charge in [0.15, 0.2) is 22.8 Å². The van der Waals surface area contributed by atoms with Crippen LogP contribution in [0, 0.1) is 12.3 Å². The molecule has 0 radical (unpaired) electrons. The monoisotopic (exact) mass is 438 g/mol. The highest BCUT2D eigenvalue weighted by molar-refractivity contribution is 5.91. The van der Waals surface area contributed by atoms with Crippen LogP contribution in [-0.2, 0) is 7.05 Å². The number of carboxylic acids is 1. The summed E-state index contributed by atoms with van der Waals surface area (Å²) in [6, 6.07) is 5.06. The molecule has 32 heavy (non-hydrogen) atoms. The van der Waals surface area contributed by atoms with Gasteiger partial charge < -0.3 is 24.3 Å². The molecule has 1 unspecified atom stereocenters. The van der Waals surface area contributed by atoms with Gasteiger partial charge in [0.25, 0.3) is 0 Å². The molecule has 1 saturated heterocycles. The highest BCUT2D eigenvalue weighted by Gasteiger charge is 2.27. The average molecular weight is 439 g/mol. The van der Waals surface area contributed by atoms with Gasteiger partial charge in [-0.05, 0) is 43.7 Å². The molecule has 8 heteroatoms. The van der Waals surface area contributed by atoms with Crippen molar-refractivity contribution in [1.82, 2.24) is 9.55 Å². The number of benzene rings is 1. The van der Waals surface area contributed by atoms with E-state index in [1.165, 1.54) is 10.9 Å². The molecule has 1 atom stereocenters. The maximum absolute atomic E-state index is 13.0. The van der Waals surface area contributed by atoms with Crippen LogP contribution in [0.2, 0.25) is 0 Å². The van der Waals surface area contributed by atoms with Gasteiger partial charge in [-0.2, -0.15) is 0 Å². The fourth-order valence-corrected chi connectivity index (χ4v) is 4.30. The van der Waals surface area contributed by atoms with E-state index in [0.29, 0.717) is 22.3 Å². The molecule has 2 aromatic heterocycles. The molecule has 0 amide bonds. The number of rotatable bonds is 5. The first-order valence-corrected chi connectivity index (χ1v) is 10.9. The number of nitrogens with zero attached hydrogens (tertiary/aromatic N) is 3. The van der Waals surface area contributed by atoms with Crippen LogP contribution in [0.15, 0.2) is 33.7 Å². The molecule has 3 heterocycles. The maximum Gasteiger partial charge on any atom is 0.356 e. The molecule has 170 valence electrons. The van der Waals surface area contributed by atoms with Crippen LogP contribution in [0.1, 0.15) is 61.3 Å². The summed E-state index contributed by atoms with van der Waals surface area (Å²) in [6.45, 7) is 10.0. The smallest absolute Gasteiger partial charge is 0.356 e. The van der Waals surface area contributed by atoms with Crippen molar-refractivity contribution in [2.45, 2.75) is 46.6 Å². The Kier molecular flexibility index (Phi) is 5.48. The number of carboxylic acid groups (broad SMARTS) is 1. The predicted molar refractivity (Wildman–Crippen MR) is 125 cm³/mol. The molecule has 3 aromatic rings. The lowest BCUT2D eigenvalue weighted by Gasteiger charge is -2.37. The second-order valence-electron chi connectivity index (χ2n) is 9.55. The quantitative estimate of drug-likeness (QED) is 0.611. The zero-order valence-electron chi connectivity index (χ0n) is 19.2. The van der Waals surface area contributed by atoms with Crippen LogP contribution < -0.4 is 15.6 Å². The van der Waals surface area contributed by atoms with Gasteiger partial charge in [-0.3, -0.25) is 4.79 Å². The van der Waals surface area contributed by atoms with Gasteiger partial charge in [0.05, 0.1) is 17.8 Å². The Labute approximate surface area is 186 Å². The van der Waals surface area contributed by atoms with E-state index < -0.39 is 5.97 Å². The zero-order valence-corrected chi connectivity index (χ0v) is 19.2. The van der Waals surface area contributed by atoms with Crippen molar-refractivity contribution in [3.63, 3.8) is 0 Å². The third-order valence-electron chi connectivity index (χ3n) is 6.38. The van der Waals surface area contributed by atoms with Gasteiger partial charge in [-0.15, -0.1) is 0 Å². The van der Waals surface area contributed by atoms with Crippen molar-refractivity contribution >= 4 is 28.6 Å². The molecular weight excluding hydrogens is 408 g/mol. The number of aromatic carboxylic acids is 1. The molecular formula is C24H30N4O4. The molecule has 2 N–H and O–H groups in total. The van der Waals surface area contributed by atoms with Crippen molar-refractivity contribution in [3.05, 3.63) is 51.6 Å². The minimum Gasteiger partial charge on any atom is -0.476 e. The number of anilines is 2. The van der Waals surface area contributed by atoms with Crippen molar-refractivity contribution in [1.29, 1.82) is 0 Å². The normalized spacial score (nSPS) is 16.8. The number of fused-ring (bicyclic) bond motifs is 1. The largest absolute Gasteiger partial charge is 0.476 e. The number of imidazole rings is 1. The van der Waals surface area contributed by atoms with Gasteiger partial charge in [0.2, 0.25) is 0 Å². The van der Waals surface area contributed by atoms with Crippen molar-refractivity contribution < 1.29 is 14.3 Å². The van der Waals surface area contributed by atoms with Gasteiger partial charge in [0, 0.05) is 31.8 Å². The Morgan fingerprint density at radius 3 is 2.59 bits per heavy atom. The highest BCUT2D eigenvalue weighted by atomic mass is 16.4. The van der Waals surface area contributed by atoms with Crippen LogP contribution in [0.25, 0.3) is 11.0 Å². The Morgan fingerprint density at radius 2 is 1.94 bits per heavy atom. The summed E-state index contributed by atoms with van der Waals surface area (Å²) in [5.41, 5.74) is 2.53. The molecule has 1 fully saturated rings. The predicted octanol–water partition coefficient (Wildman–Crippen LogP) is 4.33. The Hall–Kier alpha value is -3.29. The first-order valence-electron chi connectivity index (χ1n) is 10.9. The topological polar surface area (TPSA) is 101 Å². The summed E-state index contributed by atoms with van der Waals surface area (Å²) in [6.07, 6.45) is 3.53. The van der Waals surface area contributed by atoms with E-state index in [1.54, 1.807) is 13.1 Å². The number of nitrogens with one attached hydrogen (secondary N) is 1. The van der Waals surface area contributed by atoms with E-state index in [9.17, 15) is 14.7 Å². The fourth-order valence-electron chi connectivity index (χ4n) is 4.30. The van der Waals surface area contributed by atoms with E-state index in [-0.39, 0.29) is 23.0 Å². The number of hydrogen-bond donors (Lipinski definition) is 2. The van der Waals surface area contributed by atoms with Crippen LogP contribution in [0.3, 0.4) is 0 Å². The third-order valence-corrected chi connectivity index (χ3v) is 6.38. The van der Waals surface area contributed by atoms with E-state index >= 15 is 0 Å². The summed E-state index contributed by atoms with van der Waals surface area (Å²) in [4.78, 5) is 31.0. The van der Waals surface area contributed by atoms with Crippen LogP contribution in [-0.4, -0.2) is 33.7 Å². The lowest BCUT2D eigenvalue weighted by atomic mass is 9.83. The van der Waals surface area contributed by atoms with E-state index in [0.717, 1.165) is 37.1 Å². The molecule has 1 aromatic carbocycles. The lowest BCUT2D eigenvalue weighted by molar-refractivity contribution is 0.0687. The summed E-state index contributed by atoms with van der Waals surface area (Å²) in [7, 11) is 1.64. The molecule has 0 aliphatic carbocycles. The minimum atomic E-state index is -1.06. The maximum atomic E-state index is 13.0. The first-order chi connectivity index (χ1) is 15.1. The standard InChI is InChI=1S/C24H30N4O4/c1-14-10-16(15(2)26-22-20(23(30)31)27(5)13-25-22)21-17(11-14)18(29)12-19(32-21)28-8-6-24(3,4)7-9-28/h10-13,15,26H,6-9H2,1-5H3,(H,30,31). The Balaban J connectivity index is 1.75. The van der Waals surface area contributed by atoms with E-state index in [2.05, 4.69) is 29.0 Å². The van der Waals surface area contributed by atoms with Crippen LogP contribution in [0.5, 0.6) is 0 Å². The number of piperidine rings is 1. The molecule has 8 nitrogen and oxygen atoms in total. The van der Waals surface area contributed by atoms with Crippen molar-refractivity contribution in [2.24, 2.45) is 12.5 Å². The van der Waals surface area contributed by atoms with Crippen LogP contribution >= 0.6 is 0 Å². The summed E-state index contributed by atoms with van der Waals surface area (Å²) >= 11 is 0. The third kappa shape index (κ3) is 4.09. The van der Waals surface area contributed by atoms with Gasteiger partial charge >= 0.3 is 5.97 Å². The summed E-state index contributed by atoms with van der Waals surface area (Å²) in [5.74, 6) is -0.200. The van der Waals surface area contributed by atoms with Crippen molar-refractivity contribution in [2.75, 3.05) is 23.3 Å². The van der Waals surface area contributed by atoms with E-state index in [1.807, 2.05) is 26.0 Å². The number of aryl methyl sites for hydroxylation is 2. The van der Waals surface area contributed by atoms with Gasteiger partial charge in [-0.25, -0.2) is 9.78 Å². The summed E-state index contributed by atoms with van der Waals surface area (Å²) < 4.78 is 7.78. The minimum absolute atomic E-state index is 0.0758. The van der Waals surface area contributed by atoms with Gasteiger partial charge in [-0.1, -0.05) is 19.9 Å². The molecule has 0 bridgehead atoms. The highest BCUT2D eigenvalue weighted by Crippen LogP contribution is 2.34. The fraction of sp³-hybridized carbons (Fsp3) is 0.458. The van der Waals surface area contributed by atoms with Crippen LogP contribution in [0.4, 0.5) is 11.7 Å². The van der Waals surface area contributed by atoms with E-state index in [4.69, 9.17) is 4.42 Å². The molecule has 1 aliphatic rings. The second kappa shape index (κ2) is 8.00. The second-order valence-corrected chi connectivity index (χ2v) is 9.55. The molecule has 1 aliphatic heterocycles. The Bertz CT molecular complexity index is 1230. The summed E-state index contributed by atoms with van der Waals surface area (Å²) in [5, 5.41) is 13.2. The molecule has 0 spiro atoms. The van der Waals surface area contributed by atoms with Crippen molar-refractivity contribution in [3.8, 4) is 0 Å². The first kappa shape index (κ1) is 21.9. The Morgan fingerprint density at radius 1 is 1.25 bits per heavy atom. The molecule has 4 rings (SSSR count). The number of carbonyl (C=O) groups is 1. The average Bonchev–Trinajstić information content (AvgIpc) is 3.08. The SMILES string of the molecule is Cc1cc(C(C)Nc2ncn(C)c2C(=O)O)c2oc(N3CCC(C)(C)CC3)cc(=O)c2c1. The lowest BCUT2D eigenvalue weighted by Crippen LogP contribution is -2.37.